The summed E-state index contributed by atoms with van der Waals surface area (Å²) in [5, 5.41) is 3.60. The predicted molar refractivity (Wildman–Crippen MR) is 80.2 cm³/mol. The van der Waals surface area contributed by atoms with Gasteiger partial charge in [0.25, 0.3) is 0 Å². The summed E-state index contributed by atoms with van der Waals surface area (Å²) < 4.78 is 11.9. The van der Waals surface area contributed by atoms with E-state index in [1.165, 1.54) is 11.1 Å². The molecule has 1 saturated heterocycles. The summed E-state index contributed by atoms with van der Waals surface area (Å²) in [5.41, 5.74) is 2.67. The van der Waals surface area contributed by atoms with Gasteiger partial charge in [-0.3, -0.25) is 0 Å². The first-order valence-corrected chi connectivity index (χ1v) is 7.85. The fourth-order valence-electron chi connectivity index (χ4n) is 3.40. The van der Waals surface area contributed by atoms with Crippen LogP contribution in [0.5, 0.6) is 5.75 Å². The molecule has 1 aromatic carbocycles. The van der Waals surface area contributed by atoms with Crippen LogP contribution in [0.2, 0.25) is 0 Å². The standard InChI is InChI=1S/C17H25NO2/c1-4-18-17(16-7-5-11(2)19-16)13-6-8-15-14(10-13)9-12(3)20-15/h6,8,10-12,16-18H,4-5,7,9H2,1-3H3. The maximum absolute atomic E-state index is 6.08. The summed E-state index contributed by atoms with van der Waals surface area (Å²) in [4.78, 5) is 0. The van der Waals surface area contributed by atoms with E-state index in [2.05, 4.69) is 44.3 Å². The Morgan fingerprint density at radius 2 is 2.10 bits per heavy atom. The summed E-state index contributed by atoms with van der Waals surface area (Å²) >= 11 is 0. The van der Waals surface area contributed by atoms with E-state index >= 15 is 0 Å². The molecule has 0 bridgehead atoms. The summed E-state index contributed by atoms with van der Waals surface area (Å²) in [7, 11) is 0. The molecule has 0 spiro atoms. The second-order valence-corrected chi connectivity index (χ2v) is 6.10. The highest BCUT2D eigenvalue weighted by molar-refractivity contribution is 5.41. The minimum absolute atomic E-state index is 0.294. The van der Waals surface area contributed by atoms with Crippen LogP contribution >= 0.6 is 0 Å². The fraction of sp³-hybridized carbons (Fsp3) is 0.647. The van der Waals surface area contributed by atoms with Gasteiger partial charge in [0.1, 0.15) is 11.9 Å². The van der Waals surface area contributed by atoms with Crippen molar-refractivity contribution in [2.45, 2.75) is 64.4 Å². The molecule has 2 aliphatic rings. The van der Waals surface area contributed by atoms with Gasteiger partial charge in [-0.15, -0.1) is 0 Å². The van der Waals surface area contributed by atoms with Crippen LogP contribution in [0.1, 0.15) is 50.8 Å². The zero-order chi connectivity index (χ0) is 14.1. The molecule has 2 aliphatic heterocycles. The summed E-state index contributed by atoms with van der Waals surface area (Å²) in [6.45, 7) is 7.41. The van der Waals surface area contributed by atoms with E-state index in [4.69, 9.17) is 9.47 Å². The molecule has 4 atom stereocenters. The normalized spacial score (nSPS) is 30.1. The van der Waals surface area contributed by atoms with Crippen LogP contribution in [0.3, 0.4) is 0 Å². The van der Waals surface area contributed by atoms with Crippen molar-refractivity contribution < 1.29 is 9.47 Å². The molecule has 0 aromatic heterocycles. The van der Waals surface area contributed by atoms with Gasteiger partial charge in [-0.25, -0.2) is 0 Å². The lowest BCUT2D eigenvalue weighted by molar-refractivity contribution is 0.0319. The molecule has 4 unspecified atom stereocenters. The Morgan fingerprint density at radius 3 is 2.80 bits per heavy atom. The Morgan fingerprint density at radius 1 is 1.25 bits per heavy atom. The second kappa shape index (κ2) is 5.74. The summed E-state index contributed by atoms with van der Waals surface area (Å²) in [5.74, 6) is 1.05. The number of benzene rings is 1. The summed E-state index contributed by atoms with van der Waals surface area (Å²) in [6, 6.07) is 6.91. The minimum atomic E-state index is 0.294. The Hall–Kier alpha value is -1.06. The molecular formula is C17H25NO2. The van der Waals surface area contributed by atoms with Crippen molar-refractivity contribution in [3.05, 3.63) is 29.3 Å². The van der Waals surface area contributed by atoms with Crippen LogP contribution < -0.4 is 10.1 Å². The monoisotopic (exact) mass is 275 g/mol. The fourth-order valence-corrected chi connectivity index (χ4v) is 3.40. The number of ether oxygens (including phenoxy) is 2. The van der Waals surface area contributed by atoms with Crippen molar-refractivity contribution in [2.24, 2.45) is 0 Å². The van der Waals surface area contributed by atoms with Crippen molar-refractivity contribution in [1.82, 2.24) is 5.32 Å². The van der Waals surface area contributed by atoms with Gasteiger partial charge in [-0.2, -0.15) is 0 Å². The lowest BCUT2D eigenvalue weighted by atomic mass is 9.96. The molecule has 3 rings (SSSR count). The third-order valence-electron chi connectivity index (χ3n) is 4.34. The highest BCUT2D eigenvalue weighted by Gasteiger charge is 2.31. The van der Waals surface area contributed by atoms with Gasteiger partial charge in [0.05, 0.1) is 18.2 Å². The van der Waals surface area contributed by atoms with Gasteiger partial charge in [0, 0.05) is 6.42 Å². The minimum Gasteiger partial charge on any atom is -0.490 e. The van der Waals surface area contributed by atoms with Crippen LogP contribution in [0.25, 0.3) is 0 Å². The molecule has 1 aromatic rings. The Labute approximate surface area is 121 Å². The quantitative estimate of drug-likeness (QED) is 0.915. The molecule has 0 aliphatic carbocycles. The summed E-state index contributed by atoms with van der Waals surface area (Å²) in [6.07, 6.45) is 4.31. The van der Waals surface area contributed by atoms with Crippen LogP contribution in [0.4, 0.5) is 0 Å². The number of rotatable bonds is 4. The average Bonchev–Trinajstić information content (AvgIpc) is 3.00. The first-order chi connectivity index (χ1) is 9.67. The van der Waals surface area contributed by atoms with E-state index in [0.29, 0.717) is 24.4 Å². The Balaban J connectivity index is 1.83. The molecular weight excluding hydrogens is 250 g/mol. The topological polar surface area (TPSA) is 30.5 Å². The number of likely N-dealkylation sites (N-methyl/N-ethyl adjacent to an activating group) is 1. The third kappa shape index (κ3) is 2.70. The van der Waals surface area contributed by atoms with E-state index < -0.39 is 0 Å². The lowest BCUT2D eigenvalue weighted by Gasteiger charge is -2.25. The van der Waals surface area contributed by atoms with E-state index in [-0.39, 0.29) is 0 Å². The molecule has 110 valence electrons. The molecule has 2 heterocycles. The molecule has 1 fully saturated rings. The highest BCUT2D eigenvalue weighted by atomic mass is 16.5. The first-order valence-electron chi connectivity index (χ1n) is 7.85. The maximum Gasteiger partial charge on any atom is 0.123 e. The van der Waals surface area contributed by atoms with E-state index in [1.54, 1.807) is 0 Å². The van der Waals surface area contributed by atoms with E-state index in [0.717, 1.165) is 31.6 Å². The van der Waals surface area contributed by atoms with Crippen LogP contribution in [0.15, 0.2) is 18.2 Å². The van der Waals surface area contributed by atoms with Gasteiger partial charge < -0.3 is 14.8 Å². The molecule has 0 amide bonds. The highest BCUT2D eigenvalue weighted by Crippen LogP contribution is 2.35. The average molecular weight is 275 g/mol. The van der Waals surface area contributed by atoms with Crippen molar-refractivity contribution in [3.63, 3.8) is 0 Å². The molecule has 20 heavy (non-hydrogen) atoms. The molecule has 0 radical (unpaired) electrons. The SMILES string of the molecule is CCNC(c1ccc2c(c1)CC(C)O2)C1CCC(C)O1. The van der Waals surface area contributed by atoms with Gasteiger partial charge in [0.2, 0.25) is 0 Å². The number of nitrogens with one attached hydrogen (secondary N) is 1. The molecule has 1 N–H and O–H groups in total. The van der Waals surface area contributed by atoms with Crippen molar-refractivity contribution >= 4 is 0 Å². The van der Waals surface area contributed by atoms with Crippen LogP contribution in [-0.2, 0) is 11.2 Å². The molecule has 3 nitrogen and oxygen atoms in total. The number of fused-ring (bicyclic) bond motifs is 1. The van der Waals surface area contributed by atoms with Gasteiger partial charge >= 0.3 is 0 Å². The smallest absolute Gasteiger partial charge is 0.123 e. The van der Waals surface area contributed by atoms with Gasteiger partial charge in [0.15, 0.2) is 0 Å². The zero-order valence-corrected chi connectivity index (χ0v) is 12.7. The number of hydrogen-bond acceptors (Lipinski definition) is 3. The van der Waals surface area contributed by atoms with E-state index in [9.17, 15) is 0 Å². The van der Waals surface area contributed by atoms with Crippen molar-refractivity contribution in [2.75, 3.05) is 6.54 Å². The van der Waals surface area contributed by atoms with E-state index in [1.807, 2.05) is 0 Å². The van der Waals surface area contributed by atoms with Gasteiger partial charge in [-0.1, -0.05) is 19.1 Å². The lowest BCUT2D eigenvalue weighted by Crippen LogP contribution is -2.32. The van der Waals surface area contributed by atoms with Crippen LogP contribution in [-0.4, -0.2) is 24.9 Å². The maximum atomic E-state index is 6.08. The molecule has 0 saturated carbocycles. The number of hydrogen-bond donors (Lipinski definition) is 1. The molecule has 3 heteroatoms. The first kappa shape index (κ1) is 13.9. The predicted octanol–water partition coefficient (Wildman–Crippen LogP) is 3.23. The second-order valence-electron chi connectivity index (χ2n) is 6.10. The van der Waals surface area contributed by atoms with Crippen molar-refractivity contribution in [3.8, 4) is 5.75 Å². The van der Waals surface area contributed by atoms with Crippen molar-refractivity contribution in [1.29, 1.82) is 0 Å². The zero-order valence-electron chi connectivity index (χ0n) is 12.7. The van der Waals surface area contributed by atoms with Gasteiger partial charge in [-0.05, 0) is 50.4 Å². The Kier molecular flexibility index (Phi) is 3.99. The van der Waals surface area contributed by atoms with Crippen LogP contribution in [0, 0.1) is 0 Å². The third-order valence-corrected chi connectivity index (χ3v) is 4.34. The Bertz CT molecular complexity index is 474. The largest absolute Gasteiger partial charge is 0.490 e.